The highest BCUT2D eigenvalue weighted by Gasteiger charge is 2.49. The summed E-state index contributed by atoms with van der Waals surface area (Å²) in [6, 6.07) is 13.9. The predicted molar refractivity (Wildman–Crippen MR) is 113 cm³/mol. The standard InChI is InChI=1S/C23H22BrNO4/c1-14-5-10-19-20(11-14)23(28)25(22(19)27)17-3-2-4-18(12-17)29-13-21(26)15-6-8-16(24)9-7-15/h2-4,6-9,12,14,19-20H,5,10-11,13H2,1H3/t14-,19-,20-/m1/s1. The van der Waals surface area contributed by atoms with Gasteiger partial charge in [0, 0.05) is 16.1 Å². The molecule has 0 N–H and O–H groups in total. The Balaban J connectivity index is 1.47. The lowest BCUT2D eigenvalue weighted by molar-refractivity contribution is -0.122. The van der Waals surface area contributed by atoms with E-state index in [0.717, 1.165) is 23.7 Å². The van der Waals surface area contributed by atoms with Gasteiger partial charge in [0.05, 0.1) is 17.5 Å². The van der Waals surface area contributed by atoms with Gasteiger partial charge in [-0.2, -0.15) is 0 Å². The van der Waals surface area contributed by atoms with E-state index in [-0.39, 0.29) is 36.0 Å². The van der Waals surface area contributed by atoms with Crippen LogP contribution in [0.3, 0.4) is 0 Å². The van der Waals surface area contributed by atoms with Crippen molar-refractivity contribution < 1.29 is 19.1 Å². The largest absolute Gasteiger partial charge is 0.485 e. The lowest BCUT2D eigenvalue weighted by Gasteiger charge is -2.25. The van der Waals surface area contributed by atoms with Crippen LogP contribution in [0.5, 0.6) is 5.75 Å². The molecule has 0 bridgehead atoms. The van der Waals surface area contributed by atoms with E-state index in [9.17, 15) is 14.4 Å². The molecular weight excluding hydrogens is 434 g/mol. The molecule has 2 aromatic rings. The van der Waals surface area contributed by atoms with Crippen LogP contribution < -0.4 is 9.64 Å². The smallest absolute Gasteiger partial charge is 0.237 e. The van der Waals surface area contributed by atoms with Crippen molar-refractivity contribution in [3.8, 4) is 5.75 Å². The summed E-state index contributed by atoms with van der Waals surface area (Å²) in [6.07, 6.45) is 2.52. The number of halogens is 1. The Morgan fingerprint density at radius 3 is 2.55 bits per heavy atom. The van der Waals surface area contributed by atoms with E-state index >= 15 is 0 Å². The molecule has 1 heterocycles. The number of nitrogens with zero attached hydrogens (tertiary/aromatic N) is 1. The number of rotatable bonds is 5. The third-order valence-electron chi connectivity index (χ3n) is 5.80. The fourth-order valence-electron chi connectivity index (χ4n) is 4.22. The average molecular weight is 456 g/mol. The summed E-state index contributed by atoms with van der Waals surface area (Å²) < 4.78 is 6.55. The monoisotopic (exact) mass is 455 g/mol. The van der Waals surface area contributed by atoms with Crippen LogP contribution in [-0.4, -0.2) is 24.2 Å². The number of carbonyl (C=O) groups excluding carboxylic acids is 3. The molecule has 0 radical (unpaired) electrons. The van der Waals surface area contributed by atoms with Crippen LogP contribution in [0, 0.1) is 17.8 Å². The van der Waals surface area contributed by atoms with E-state index in [2.05, 4.69) is 22.9 Å². The van der Waals surface area contributed by atoms with Crippen LogP contribution in [0.15, 0.2) is 53.0 Å². The summed E-state index contributed by atoms with van der Waals surface area (Å²) in [5.41, 5.74) is 1.07. The van der Waals surface area contributed by atoms with Gasteiger partial charge in [-0.15, -0.1) is 0 Å². The fourth-order valence-corrected chi connectivity index (χ4v) is 4.49. The van der Waals surface area contributed by atoms with Crippen molar-refractivity contribution in [3.05, 3.63) is 58.6 Å². The Bertz CT molecular complexity index is 956. The number of benzene rings is 2. The first-order valence-corrected chi connectivity index (χ1v) is 10.6. The van der Waals surface area contributed by atoms with E-state index in [1.165, 1.54) is 4.90 Å². The second kappa shape index (κ2) is 8.11. The second-order valence-corrected chi connectivity index (χ2v) is 8.77. The topological polar surface area (TPSA) is 63.7 Å². The van der Waals surface area contributed by atoms with Gasteiger partial charge < -0.3 is 4.74 Å². The molecule has 1 aliphatic heterocycles. The molecule has 3 atom stereocenters. The van der Waals surface area contributed by atoms with Gasteiger partial charge in [-0.1, -0.05) is 41.1 Å². The zero-order valence-corrected chi connectivity index (χ0v) is 17.7. The van der Waals surface area contributed by atoms with Crippen molar-refractivity contribution in [2.45, 2.75) is 26.2 Å². The van der Waals surface area contributed by atoms with Crippen LogP contribution in [0.1, 0.15) is 36.5 Å². The molecular formula is C23H22BrNO4. The van der Waals surface area contributed by atoms with Gasteiger partial charge in [-0.3, -0.25) is 14.4 Å². The number of hydrogen-bond donors (Lipinski definition) is 0. The zero-order valence-electron chi connectivity index (χ0n) is 16.1. The Morgan fingerprint density at radius 1 is 1.07 bits per heavy atom. The fraction of sp³-hybridized carbons (Fsp3) is 0.348. The number of hydrogen-bond acceptors (Lipinski definition) is 4. The molecule has 1 saturated carbocycles. The normalized spacial score (nSPS) is 23.8. The lowest BCUT2D eigenvalue weighted by atomic mass is 9.76. The highest BCUT2D eigenvalue weighted by atomic mass is 79.9. The summed E-state index contributed by atoms with van der Waals surface area (Å²) >= 11 is 3.34. The quantitative estimate of drug-likeness (QED) is 0.486. The van der Waals surface area contributed by atoms with Crippen LogP contribution in [-0.2, 0) is 9.59 Å². The maximum atomic E-state index is 12.9. The van der Waals surface area contributed by atoms with Gasteiger partial charge >= 0.3 is 0 Å². The highest BCUT2D eigenvalue weighted by Crippen LogP contribution is 2.42. The molecule has 1 aliphatic carbocycles. The molecule has 0 unspecified atom stereocenters. The van der Waals surface area contributed by atoms with E-state index < -0.39 is 0 Å². The lowest BCUT2D eigenvalue weighted by Crippen LogP contribution is -2.30. The minimum atomic E-state index is -0.213. The number of imide groups is 1. The third-order valence-corrected chi connectivity index (χ3v) is 6.33. The maximum Gasteiger partial charge on any atom is 0.237 e. The molecule has 150 valence electrons. The van der Waals surface area contributed by atoms with Crippen LogP contribution in [0.25, 0.3) is 0 Å². The summed E-state index contributed by atoms with van der Waals surface area (Å²) in [4.78, 5) is 39.4. The van der Waals surface area contributed by atoms with E-state index in [1.807, 2.05) is 0 Å². The Kier molecular flexibility index (Phi) is 5.54. The first kappa shape index (κ1) is 19.8. The number of anilines is 1. The Morgan fingerprint density at radius 2 is 1.79 bits per heavy atom. The van der Waals surface area contributed by atoms with Crippen molar-refractivity contribution in [2.24, 2.45) is 17.8 Å². The molecule has 5 nitrogen and oxygen atoms in total. The van der Waals surface area contributed by atoms with Crippen molar-refractivity contribution in [2.75, 3.05) is 11.5 Å². The van der Waals surface area contributed by atoms with Crippen LogP contribution in [0.2, 0.25) is 0 Å². The van der Waals surface area contributed by atoms with Crippen molar-refractivity contribution in [1.82, 2.24) is 0 Å². The number of amides is 2. The predicted octanol–water partition coefficient (Wildman–Crippen LogP) is 4.64. The summed E-state index contributed by atoms with van der Waals surface area (Å²) in [7, 11) is 0. The van der Waals surface area contributed by atoms with E-state index in [1.54, 1.807) is 48.5 Å². The Labute approximate surface area is 178 Å². The van der Waals surface area contributed by atoms with Crippen molar-refractivity contribution >= 4 is 39.2 Å². The molecule has 29 heavy (non-hydrogen) atoms. The third kappa shape index (κ3) is 3.99. The summed E-state index contributed by atoms with van der Waals surface area (Å²) in [5, 5.41) is 0. The van der Waals surface area contributed by atoms with E-state index in [0.29, 0.717) is 22.9 Å². The van der Waals surface area contributed by atoms with E-state index in [4.69, 9.17) is 4.74 Å². The van der Waals surface area contributed by atoms with Crippen molar-refractivity contribution in [1.29, 1.82) is 0 Å². The van der Waals surface area contributed by atoms with Gasteiger partial charge in [0.15, 0.2) is 12.4 Å². The maximum absolute atomic E-state index is 12.9. The number of Topliss-reactive ketones (excluding diaryl/α,β-unsaturated/α-hetero) is 1. The second-order valence-electron chi connectivity index (χ2n) is 7.86. The van der Waals surface area contributed by atoms with Gasteiger partial charge in [0.25, 0.3) is 0 Å². The molecule has 2 amide bonds. The molecule has 0 aromatic heterocycles. The zero-order chi connectivity index (χ0) is 20.5. The van der Waals surface area contributed by atoms with Gasteiger partial charge in [0.1, 0.15) is 5.75 Å². The van der Waals surface area contributed by atoms with Gasteiger partial charge in [-0.05, 0) is 49.4 Å². The molecule has 1 saturated heterocycles. The molecule has 2 aliphatic rings. The highest BCUT2D eigenvalue weighted by molar-refractivity contribution is 9.10. The summed E-state index contributed by atoms with van der Waals surface area (Å²) in [5.74, 6) is 0.127. The van der Waals surface area contributed by atoms with Gasteiger partial charge in [-0.25, -0.2) is 4.90 Å². The molecule has 0 spiro atoms. The van der Waals surface area contributed by atoms with Crippen LogP contribution in [0.4, 0.5) is 5.69 Å². The first-order chi connectivity index (χ1) is 13.9. The molecule has 4 rings (SSSR count). The number of carbonyl (C=O) groups is 3. The summed E-state index contributed by atoms with van der Waals surface area (Å²) in [6.45, 7) is 2.02. The van der Waals surface area contributed by atoms with Crippen molar-refractivity contribution in [3.63, 3.8) is 0 Å². The molecule has 2 fully saturated rings. The first-order valence-electron chi connectivity index (χ1n) is 9.83. The minimum Gasteiger partial charge on any atom is -0.485 e. The van der Waals surface area contributed by atoms with Gasteiger partial charge in [0.2, 0.25) is 11.8 Å². The average Bonchev–Trinajstić information content (AvgIpc) is 2.96. The minimum absolute atomic E-state index is 0.115. The van der Waals surface area contributed by atoms with Crippen LogP contribution >= 0.6 is 15.9 Å². The molecule has 6 heteroatoms. The molecule has 2 aromatic carbocycles. The Hall–Kier alpha value is -2.47. The number of fused-ring (bicyclic) bond motifs is 1. The number of ether oxygens (including phenoxy) is 1. The number of ketones is 1. The SMILES string of the molecule is C[C@@H]1CC[C@H]2C(=O)N(c3cccc(OCC(=O)c4ccc(Br)cc4)c3)C(=O)[C@@H]2C1.